The molecule has 0 heterocycles. The van der Waals surface area contributed by atoms with Gasteiger partial charge in [0, 0.05) is 0 Å². The molecule has 64 valence electrons. The van der Waals surface area contributed by atoms with Crippen molar-refractivity contribution in [2.24, 2.45) is 17.3 Å². The largest absolute Gasteiger partial charge is 0.0845 e. The molecule has 1 saturated carbocycles. The second kappa shape index (κ2) is 2.36. The quantitative estimate of drug-likeness (QED) is 0.465. The molecule has 0 heteroatoms. The van der Waals surface area contributed by atoms with Gasteiger partial charge in [0.2, 0.25) is 0 Å². The molecule has 0 radical (unpaired) electrons. The zero-order chi connectivity index (χ0) is 7.35. The summed E-state index contributed by atoms with van der Waals surface area (Å²) in [6.07, 6.45) is 5.20. The van der Waals surface area contributed by atoms with Gasteiger partial charge < -0.3 is 0 Å². The van der Waals surface area contributed by atoms with Crippen molar-refractivity contribution in [2.45, 2.75) is 41.0 Å². The molecule has 0 amide bonds. The molecule has 0 aliphatic heterocycles. The Bertz CT molecular complexity index is 186. The third kappa shape index (κ3) is 0.953. The maximum absolute atomic E-state index is 2.46. The predicted octanol–water partition coefficient (Wildman–Crippen LogP) is 3.63. The van der Waals surface area contributed by atoms with Crippen LogP contribution < -0.4 is 0 Å². The standard InChI is InChI=1S/C10H16.CH4/c1-7-4-5-8-6-9(7)10(8,2)3;/h5,7,9H,4,6H2,1-3H3;1H4. The summed E-state index contributed by atoms with van der Waals surface area (Å²) in [5.74, 6) is 1.93. The van der Waals surface area contributed by atoms with E-state index in [1.165, 1.54) is 12.8 Å². The first-order valence-electron chi connectivity index (χ1n) is 4.32. The lowest BCUT2D eigenvalue weighted by Crippen LogP contribution is -2.44. The number of rotatable bonds is 0. The zero-order valence-electron chi connectivity index (χ0n) is 7.15. The molecule has 11 heavy (non-hydrogen) atoms. The van der Waals surface area contributed by atoms with Gasteiger partial charge in [0.05, 0.1) is 0 Å². The summed E-state index contributed by atoms with van der Waals surface area (Å²) in [7, 11) is 0. The molecule has 3 rings (SSSR count). The minimum absolute atomic E-state index is 0. The Kier molecular flexibility index (Phi) is 1.90. The summed E-state index contributed by atoms with van der Waals surface area (Å²) in [6, 6.07) is 0. The number of hydrogen-bond donors (Lipinski definition) is 0. The van der Waals surface area contributed by atoms with Crippen LogP contribution >= 0.6 is 0 Å². The van der Waals surface area contributed by atoms with Crippen LogP contribution in [0.15, 0.2) is 11.6 Å². The summed E-state index contributed by atoms with van der Waals surface area (Å²) in [5.41, 5.74) is 2.29. The van der Waals surface area contributed by atoms with E-state index in [2.05, 4.69) is 26.8 Å². The summed E-state index contributed by atoms with van der Waals surface area (Å²) in [5, 5.41) is 0. The van der Waals surface area contributed by atoms with Gasteiger partial charge in [-0.05, 0) is 30.1 Å². The molecule has 0 saturated heterocycles. The summed E-state index contributed by atoms with van der Waals surface area (Å²) >= 11 is 0. The van der Waals surface area contributed by atoms with Crippen molar-refractivity contribution in [3.05, 3.63) is 11.6 Å². The molecule has 0 N–H and O–H groups in total. The van der Waals surface area contributed by atoms with E-state index in [-0.39, 0.29) is 7.43 Å². The smallest absolute Gasteiger partial charge is 0.0111 e. The second-order valence-electron chi connectivity index (χ2n) is 4.47. The van der Waals surface area contributed by atoms with Crippen LogP contribution in [-0.4, -0.2) is 0 Å². The number of fused-ring (bicyclic) bond motifs is 2. The lowest BCUT2D eigenvalue weighted by molar-refractivity contribution is 0.0870. The molecule has 2 bridgehead atoms. The van der Waals surface area contributed by atoms with Gasteiger partial charge >= 0.3 is 0 Å². The van der Waals surface area contributed by atoms with Gasteiger partial charge in [-0.3, -0.25) is 0 Å². The molecule has 3 aliphatic rings. The highest BCUT2D eigenvalue weighted by molar-refractivity contribution is 5.28. The van der Waals surface area contributed by atoms with E-state index in [0.29, 0.717) is 5.41 Å². The molecule has 1 fully saturated rings. The Morgan fingerprint density at radius 1 is 1.45 bits per heavy atom. The van der Waals surface area contributed by atoms with Crippen LogP contribution in [0.25, 0.3) is 0 Å². The van der Waals surface area contributed by atoms with Gasteiger partial charge in [0.1, 0.15) is 0 Å². The molecule has 0 aromatic carbocycles. The topological polar surface area (TPSA) is 0 Å². The summed E-state index contributed by atoms with van der Waals surface area (Å²) in [4.78, 5) is 0. The summed E-state index contributed by atoms with van der Waals surface area (Å²) < 4.78 is 0. The van der Waals surface area contributed by atoms with Crippen LogP contribution in [-0.2, 0) is 0 Å². The fraction of sp³-hybridized carbons (Fsp3) is 0.818. The van der Waals surface area contributed by atoms with E-state index in [1.54, 1.807) is 5.57 Å². The number of hydrogen-bond acceptors (Lipinski definition) is 0. The molecule has 2 unspecified atom stereocenters. The third-order valence-corrected chi connectivity index (χ3v) is 3.62. The van der Waals surface area contributed by atoms with E-state index in [9.17, 15) is 0 Å². The minimum atomic E-state index is 0. The molecule has 3 aliphatic carbocycles. The molecular formula is C11H20. The van der Waals surface area contributed by atoms with Gasteiger partial charge in [-0.1, -0.05) is 39.8 Å². The van der Waals surface area contributed by atoms with E-state index >= 15 is 0 Å². The van der Waals surface area contributed by atoms with Crippen LogP contribution in [0, 0.1) is 17.3 Å². The van der Waals surface area contributed by atoms with Crippen molar-refractivity contribution in [1.82, 2.24) is 0 Å². The average Bonchev–Trinajstić information content (AvgIpc) is 1.87. The fourth-order valence-electron chi connectivity index (χ4n) is 2.61. The van der Waals surface area contributed by atoms with E-state index < -0.39 is 0 Å². The SMILES string of the molecule is C.CC1CC=C2CC1C2(C)C. The highest BCUT2D eigenvalue weighted by atomic mass is 14.5. The fourth-order valence-corrected chi connectivity index (χ4v) is 2.61. The third-order valence-electron chi connectivity index (χ3n) is 3.62. The Morgan fingerprint density at radius 2 is 2.09 bits per heavy atom. The van der Waals surface area contributed by atoms with Gasteiger partial charge in [-0.25, -0.2) is 0 Å². The van der Waals surface area contributed by atoms with Crippen LogP contribution in [0.1, 0.15) is 41.0 Å². The molecular weight excluding hydrogens is 132 g/mol. The van der Waals surface area contributed by atoms with Gasteiger partial charge in [-0.2, -0.15) is 0 Å². The number of allylic oxidation sites excluding steroid dienone is 2. The predicted molar refractivity (Wildman–Crippen MR) is 50.5 cm³/mol. The van der Waals surface area contributed by atoms with Crippen LogP contribution in [0.3, 0.4) is 0 Å². The first kappa shape index (κ1) is 8.83. The van der Waals surface area contributed by atoms with Gasteiger partial charge in [0.15, 0.2) is 0 Å². The Labute approximate surface area is 70.7 Å². The first-order chi connectivity index (χ1) is 4.62. The van der Waals surface area contributed by atoms with Crippen LogP contribution in [0.2, 0.25) is 0 Å². The second-order valence-corrected chi connectivity index (χ2v) is 4.47. The van der Waals surface area contributed by atoms with Crippen molar-refractivity contribution in [2.75, 3.05) is 0 Å². The van der Waals surface area contributed by atoms with Crippen molar-refractivity contribution < 1.29 is 0 Å². The molecule has 0 aromatic rings. The average molecular weight is 152 g/mol. The van der Waals surface area contributed by atoms with Crippen molar-refractivity contribution in [1.29, 1.82) is 0 Å². The highest BCUT2D eigenvalue weighted by Gasteiger charge is 2.47. The van der Waals surface area contributed by atoms with Crippen molar-refractivity contribution in [3.63, 3.8) is 0 Å². The maximum Gasteiger partial charge on any atom is -0.0111 e. The van der Waals surface area contributed by atoms with Crippen molar-refractivity contribution >= 4 is 0 Å². The zero-order valence-corrected chi connectivity index (χ0v) is 7.15. The molecule has 0 aromatic heterocycles. The Hall–Kier alpha value is -0.260. The maximum atomic E-state index is 2.46. The van der Waals surface area contributed by atoms with Gasteiger partial charge in [0.25, 0.3) is 0 Å². The highest BCUT2D eigenvalue weighted by Crippen LogP contribution is 2.58. The molecule has 0 spiro atoms. The van der Waals surface area contributed by atoms with Crippen LogP contribution in [0.5, 0.6) is 0 Å². The van der Waals surface area contributed by atoms with Crippen LogP contribution in [0.4, 0.5) is 0 Å². The minimum Gasteiger partial charge on any atom is -0.0845 e. The van der Waals surface area contributed by atoms with Crippen molar-refractivity contribution in [3.8, 4) is 0 Å². The van der Waals surface area contributed by atoms with E-state index in [4.69, 9.17) is 0 Å². The lowest BCUT2D eigenvalue weighted by atomic mass is 9.51. The van der Waals surface area contributed by atoms with Gasteiger partial charge in [-0.15, -0.1) is 0 Å². The van der Waals surface area contributed by atoms with E-state index in [0.717, 1.165) is 11.8 Å². The normalized spacial score (nSPS) is 38.3. The lowest BCUT2D eigenvalue weighted by Gasteiger charge is -2.54. The Morgan fingerprint density at radius 3 is 2.36 bits per heavy atom. The molecule has 2 atom stereocenters. The monoisotopic (exact) mass is 152 g/mol. The summed E-state index contributed by atoms with van der Waals surface area (Å²) in [6.45, 7) is 7.17. The molecule has 0 nitrogen and oxygen atoms in total. The first-order valence-corrected chi connectivity index (χ1v) is 4.32. The Balaban J connectivity index is 0.000000605. The van der Waals surface area contributed by atoms with E-state index in [1.807, 2.05) is 0 Å².